The van der Waals surface area contributed by atoms with Gasteiger partial charge >= 0.3 is 0 Å². The Balaban J connectivity index is 2.86. The summed E-state index contributed by atoms with van der Waals surface area (Å²) < 4.78 is 39.4. The van der Waals surface area contributed by atoms with Gasteiger partial charge in [0.1, 0.15) is 5.82 Å². The van der Waals surface area contributed by atoms with Crippen molar-refractivity contribution >= 4 is 15.7 Å². The molecule has 0 fully saturated rings. The first kappa shape index (κ1) is 14.9. The average Bonchev–Trinajstić information content (AvgIpc) is 2.24. The Bertz CT molecular complexity index is 495. The smallest absolute Gasteiger partial charge is 0.240 e. The molecule has 0 aromatic heterocycles. The van der Waals surface area contributed by atoms with Crippen LogP contribution < -0.4 is 10.5 Å². The molecule has 4 nitrogen and oxygen atoms in total. The number of nitrogens with two attached hydrogens (primary N) is 1. The van der Waals surface area contributed by atoms with E-state index in [0.717, 1.165) is 12.1 Å². The Morgan fingerprint density at radius 2 is 1.89 bits per heavy atom. The molecule has 0 amide bonds. The third-order valence-corrected chi connectivity index (χ3v) is 4.34. The lowest BCUT2D eigenvalue weighted by molar-refractivity contribution is 0.414. The lowest BCUT2D eigenvalue weighted by Gasteiger charge is -2.16. The monoisotopic (exact) mass is 274 g/mol. The maximum Gasteiger partial charge on any atom is 0.240 e. The molecule has 0 aliphatic rings. The lowest BCUT2D eigenvalue weighted by Crippen LogP contribution is -2.30. The number of nitrogen functional groups attached to an aromatic ring is 1. The second-order valence-corrected chi connectivity index (χ2v) is 6.56. The third-order valence-electron chi connectivity index (χ3n) is 2.94. The molecule has 0 saturated carbocycles. The minimum absolute atomic E-state index is 0.0901. The van der Waals surface area contributed by atoms with E-state index in [9.17, 15) is 12.8 Å². The molecular weight excluding hydrogens is 255 g/mol. The molecule has 1 atom stereocenters. The van der Waals surface area contributed by atoms with E-state index in [1.807, 2.05) is 20.8 Å². The Labute approximate surface area is 107 Å². The van der Waals surface area contributed by atoms with Gasteiger partial charge in [-0.3, -0.25) is 0 Å². The highest BCUT2D eigenvalue weighted by Crippen LogP contribution is 2.16. The number of rotatable bonds is 5. The van der Waals surface area contributed by atoms with E-state index in [0.29, 0.717) is 12.5 Å². The van der Waals surface area contributed by atoms with E-state index in [1.165, 1.54) is 6.07 Å². The van der Waals surface area contributed by atoms with E-state index in [2.05, 4.69) is 4.72 Å². The van der Waals surface area contributed by atoms with E-state index in [4.69, 9.17) is 5.73 Å². The van der Waals surface area contributed by atoms with Gasteiger partial charge in [0.15, 0.2) is 0 Å². The molecule has 0 radical (unpaired) electrons. The predicted molar refractivity (Wildman–Crippen MR) is 70.0 cm³/mol. The van der Waals surface area contributed by atoms with Gasteiger partial charge in [-0.15, -0.1) is 0 Å². The summed E-state index contributed by atoms with van der Waals surface area (Å²) in [4.78, 5) is -0.143. The quantitative estimate of drug-likeness (QED) is 0.806. The van der Waals surface area contributed by atoms with Crippen LogP contribution in [0.1, 0.15) is 20.8 Å². The topological polar surface area (TPSA) is 72.2 Å². The number of sulfonamides is 1. The summed E-state index contributed by atoms with van der Waals surface area (Å²) in [6.07, 6.45) is 0. The van der Waals surface area contributed by atoms with Crippen molar-refractivity contribution in [1.82, 2.24) is 4.72 Å². The molecule has 3 N–H and O–H groups in total. The molecule has 18 heavy (non-hydrogen) atoms. The van der Waals surface area contributed by atoms with Crippen molar-refractivity contribution in [2.75, 3.05) is 12.3 Å². The van der Waals surface area contributed by atoms with Crippen molar-refractivity contribution in [3.05, 3.63) is 24.0 Å². The maximum absolute atomic E-state index is 13.1. The molecule has 0 aliphatic heterocycles. The van der Waals surface area contributed by atoms with Gasteiger partial charge in [0.2, 0.25) is 10.0 Å². The zero-order valence-corrected chi connectivity index (χ0v) is 11.6. The van der Waals surface area contributed by atoms with Crippen molar-refractivity contribution in [2.45, 2.75) is 25.7 Å². The van der Waals surface area contributed by atoms with Gasteiger partial charge in [0.05, 0.1) is 4.90 Å². The van der Waals surface area contributed by atoms with E-state index in [-0.39, 0.29) is 16.5 Å². The molecule has 1 aromatic carbocycles. The van der Waals surface area contributed by atoms with Crippen molar-refractivity contribution in [1.29, 1.82) is 0 Å². The van der Waals surface area contributed by atoms with Crippen LogP contribution in [0.15, 0.2) is 23.1 Å². The molecule has 0 aliphatic carbocycles. The molecule has 0 saturated heterocycles. The molecule has 0 heterocycles. The average molecular weight is 274 g/mol. The summed E-state index contributed by atoms with van der Waals surface area (Å²) in [6.45, 7) is 6.29. The first-order valence-electron chi connectivity index (χ1n) is 5.78. The molecule has 0 bridgehead atoms. The minimum atomic E-state index is -3.70. The van der Waals surface area contributed by atoms with Crippen LogP contribution in [0.3, 0.4) is 0 Å². The zero-order valence-electron chi connectivity index (χ0n) is 10.8. The predicted octanol–water partition coefficient (Wildman–Crippen LogP) is 1.98. The number of hydrogen-bond acceptors (Lipinski definition) is 3. The second kappa shape index (κ2) is 5.67. The summed E-state index contributed by atoms with van der Waals surface area (Å²) in [5, 5.41) is 0. The van der Waals surface area contributed by atoms with Crippen LogP contribution in [-0.2, 0) is 10.0 Å². The molecule has 1 aromatic rings. The molecule has 0 spiro atoms. The Morgan fingerprint density at radius 3 is 2.39 bits per heavy atom. The molecular formula is C12H19FN2O2S. The highest BCUT2D eigenvalue weighted by molar-refractivity contribution is 7.89. The van der Waals surface area contributed by atoms with Crippen molar-refractivity contribution in [3.8, 4) is 0 Å². The zero-order chi connectivity index (χ0) is 13.9. The van der Waals surface area contributed by atoms with Gasteiger partial charge in [0, 0.05) is 12.2 Å². The molecule has 1 rings (SSSR count). The van der Waals surface area contributed by atoms with E-state index in [1.54, 1.807) is 0 Å². The first-order valence-corrected chi connectivity index (χ1v) is 7.26. The standard InChI is InChI=1S/C12H19FN2O2S/c1-8(2)9(3)7-15-18(16,17)12-5-10(13)4-11(14)6-12/h4-6,8-9,15H,7,14H2,1-3H3. The highest BCUT2D eigenvalue weighted by atomic mass is 32.2. The SMILES string of the molecule is CC(C)C(C)CNS(=O)(=O)c1cc(N)cc(F)c1. The number of nitrogens with one attached hydrogen (secondary N) is 1. The van der Waals surface area contributed by atoms with Crippen molar-refractivity contribution in [2.24, 2.45) is 11.8 Å². The number of halogens is 1. The first-order chi connectivity index (χ1) is 8.22. The number of anilines is 1. The Kier molecular flexibility index (Phi) is 4.70. The van der Waals surface area contributed by atoms with Gasteiger partial charge in [-0.05, 0) is 30.0 Å². The molecule has 102 valence electrons. The summed E-state index contributed by atoms with van der Waals surface area (Å²) in [6, 6.07) is 3.28. The summed E-state index contributed by atoms with van der Waals surface area (Å²) in [7, 11) is -3.70. The largest absolute Gasteiger partial charge is 0.399 e. The van der Waals surface area contributed by atoms with Gasteiger partial charge in [-0.2, -0.15) is 0 Å². The summed E-state index contributed by atoms with van der Waals surface area (Å²) >= 11 is 0. The van der Waals surface area contributed by atoms with Crippen LogP contribution in [0, 0.1) is 17.7 Å². The summed E-state index contributed by atoms with van der Waals surface area (Å²) in [5.74, 6) is -0.0942. The summed E-state index contributed by atoms with van der Waals surface area (Å²) in [5.41, 5.74) is 5.52. The van der Waals surface area contributed by atoms with Crippen LogP contribution in [0.25, 0.3) is 0 Å². The maximum atomic E-state index is 13.1. The minimum Gasteiger partial charge on any atom is -0.399 e. The second-order valence-electron chi connectivity index (χ2n) is 4.79. The Morgan fingerprint density at radius 1 is 1.28 bits per heavy atom. The van der Waals surface area contributed by atoms with Crippen LogP contribution in [0.2, 0.25) is 0 Å². The lowest BCUT2D eigenvalue weighted by atomic mass is 9.99. The fourth-order valence-corrected chi connectivity index (χ4v) is 2.51. The Hall–Kier alpha value is -1.14. The van der Waals surface area contributed by atoms with Gasteiger partial charge < -0.3 is 5.73 Å². The fraction of sp³-hybridized carbons (Fsp3) is 0.500. The number of benzene rings is 1. The van der Waals surface area contributed by atoms with Crippen LogP contribution in [0.4, 0.5) is 10.1 Å². The highest BCUT2D eigenvalue weighted by Gasteiger charge is 2.17. The normalized spacial score (nSPS) is 13.8. The third kappa shape index (κ3) is 3.96. The van der Waals surface area contributed by atoms with Gasteiger partial charge in [0.25, 0.3) is 0 Å². The van der Waals surface area contributed by atoms with E-state index >= 15 is 0 Å². The van der Waals surface area contributed by atoms with Crippen LogP contribution in [0.5, 0.6) is 0 Å². The van der Waals surface area contributed by atoms with Crippen LogP contribution in [-0.4, -0.2) is 15.0 Å². The fourth-order valence-electron chi connectivity index (χ4n) is 1.30. The van der Waals surface area contributed by atoms with E-state index < -0.39 is 15.8 Å². The van der Waals surface area contributed by atoms with Crippen LogP contribution >= 0.6 is 0 Å². The number of hydrogen-bond donors (Lipinski definition) is 2. The van der Waals surface area contributed by atoms with Gasteiger partial charge in [-0.25, -0.2) is 17.5 Å². The molecule has 6 heteroatoms. The van der Waals surface area contributed by atoms with Crippen molar-refractivity contribution < 1.29 is 12.8 Å². The van der Waals surface area contributed by atoms with Gasteiger partial charge in [-0.1, -0.05) is 20.8 Å². The molecule has 1 unspecified atom stereocenters. The van der Waals surface area contributed by atoms with Crippen molar-refractivity contribution in [3.63, 3.8) is 0 Å².